The average molecular weight is 317 g/mol. The summed E-state index contributed by atoms with van der Waals surface area (Å²) in [4.78, 5) is 23.6. The highest BCUT2D eigenvalue weighted by atomic mass is 35.5. The van der Waals surface area contributed by atoms with E-state index in [-0.39, 0.29) is 18.2 Å². The van der Waals surface area contributed by atoms with E-state index in [1.54, 1.807) is 24.3 Å². The number of rotatable bonds is 5. The van der Waals surface area contributed by atoms with Gasteiger partial charge in [0.05, 0.1) is 0 Å². The largest absolute Gasteiger partial charge is 0.326 e. The van der Waals surface area contributed by atoms with Gasteiger partial charge in [-0.05, 0) is 42.3 Å². The monoisotopic (exact) mass is 316 g/mol. The van der Waals surface area contributed by atoms with Crippen molar-refractivity contribution >= 4 is 34.8 Å². The molecule has 2 aromatic carbocycles. The summed E-state index contributed by atoms with van der Waals surface area (Å²) in [5, 5.41) is 5.86. The zero-order chi connectivity index (χ0) is 15.9. The predicted molar refractivity (Wildman–Crippen MR) is 89.1 cm³/mol. The first-order chi connectivity index (χ1) is 10.6. The molecule has 114 valence electrons. The molecule has 0 spiro atoms. The second kappa shape index (κ2) is 7.61. The topological polar surface area (TPSA) is 58.2 Å². The Morgan fingerprint density at radius 1 is 0.955 bits per heavy atom. The molecule has 0 saturated carbocycles. The van der Waals surface area contributed by atoms with Crippen molar-refractivity contribution in [2.75, 3.05) is 10.6 Å². The van der Waals surface area contributed by atoms with E-state index in [1.807, 2.05) is 24.3 Å². The van der Waals surface area contributed by atoms with Gasteiger partial charge < -0.3 is 10.6 Å². The highest BCUT2D eigenvalue weighted by Gasteiger charge is 2.10. The summed E-state index contributed by atoms with van der Waals surface area (Å²) in [6, 6.07) is 14.3. The molecule has 4 nitrogen and oxygen atoms in total. The van der Waals surface area contributed by atoms with Gasteiger partial charge in [0.25, 0.3) is 0 Å². The Bertz CT molecular complexity index is 669. The number of halogens is 1. The summed E-state index contributed by atoms with van der Waals surface area (Å²) >= 11 is 5.84. The lowest BCUT2D eigenvalue weighted by Gasteiger charge is -2.07. The van der Waals surface area contributed by atoms with E-state index >= 15 is 0 Å². The van der Waals surface area contributed by atoms with E-state index in [9.17, 15) is 9.59 Å². The minimum Gasteiger partial charge on any atom is -0.326 e. The highest BCUT2D eigenvalue weighted by Crippen LogP contribution is 2.15. The quantitative estimate of drug-likeness (QED) is 0.823. The smallest absolute Gasteiger partial charge is 0.233 e. The molecule has 5 heteroatoms. The van der Waals surface area contributed by atoms with Crippen molar-refractivity contribution in [3.05, 3.63) is 59.1 Å². The van der Waals surface area contributed by atoms with Gasteiger partial charge in [0.2, 0.25) is 11.8 Å². The van der Waals surface area contributed by atoms with Crippen LogP contribution < -0.4 is 10.6 Å². The molecule has 0 atom stereocenters. The molecule has 2 rings (SSSR count). The molecule has 0 unspecified atom stereocenters. The van der Waals surface area contributed by atoms with Crippen molar-refractivity contribution in [1.82, 2.24) is 0 Å². The molecule has 0 radical (unpaired) electrons. The molecular weight excluding hydrogens is 300 g/mol. The van der Waals surface area contributed by atoms with Gasteiger partial charge in [-0.15, -0.1) is 0 Å². The molecule has 22 heavy (non-hydrogen) atoms. The third-order valence-corrected chi connectivity index (χ3v) is 3.31. The molecule has 0 aliphatic carbocycles. The highest BCUT2D eigenvalue weighted by molar-refractivity contribution is 6.30. The summed E-state index contributed by atoms with van der Waals surface area (Å²) in [6.07, 6.45) is 0.693. The minimum atomic E-state index is -0.384. The van der Waals surface area contributed by atoms with Gasteiger partial charge in [-0.25, -0.2) is 0 Å². The van der Waals surface area contributed by atoms with Crippen LogP contribution in [0.2, 0.25) is 5.02 Å². The second-order valence-corrected chi connectivity index (χ2v) is 5.27. The number of nitrogens with one attached hydrogen (secondary N) is 2. The number of benzene rings is 2. The maximum absolute atomic E-state index is 11.8. The zero-order valence-electron chi connectivity index (χ0n) is 12.2. The summed E-state index contributed by atoms with van der Waals surface area (Å²) < 4.78 is 0. The summed E-state index contributed by atoms with van der Waals surface area (Å²) in [6.45, 7) is 2.06. The average Bonchev–Trinajstić information content (AvgIpc) is 2.47. The third-order valence-electron chi connectivity index (χ3n) is 3.08. The van der Waals surface area contributed by atoms with Crippen LogP contribution in [0.5, 0.6) is 0 Å². The van der Waals surface area contributed by atoms with E-state index < -0.39 is 0 Å². The van der Waals surface area contributed by atoms with Gasteiger partial charge in [-0.1, -0.05) is 36.7 Å². The van der Waals surface area contributed by atoms with Crippen molar-refractivity contribution in [2.45, 2.75) is 19.8 Å². The van der Waals surface area contributed by atoms with Crippen LogP contribution in [0, 0.1) is 0 Å². The molecule has 0 heterocycles. The SMILES string of the molecule is CCc1ccc(NC(=O)CC(=O)Nc2cccc(Cl)c2)cc1. The molecule has 0 aromatic heterocycles. The van der Waals surface area contributed by atoms with Crippen molar-refractivity contribution in [3.63, 3.8) is 0 Å². The lowest BCUT2D eigenvalue weighted by molar-refractivity contribution is -0.123. The molecule has 0 bridgehead atoms. The number of hydrogen-bond acceptors (Lipinski definition) is 2. The van der Waals surface area contributed by atoms with Crippen LogP contribution >= 0.6 is 11.6 Å². The molecule has 2 aromatic rings. The van der Waals surface area contributed by atoms with Crippen LogP contribution in [-0.4, -0.2) is 11.8 Å². The van der Waals surface area contributed by atoms with Gasteiger partial charge >= 0.3 is 0 Å². The van der Waals surface area contributed by atoms with Crippen LogP contribution in [-0.2, 0) is 16.0 Å². The lowest BCUT2D eigenvalue weighted by atomic mass is 10.1. The number of hydrogen-bond donors (Lipinski definition) is 2. The van der Waals surface area contributed by atoms with Crippen molar-refractivity contribution < 1.29 is 9.59 Å². The van der Waals surface area contributed by atoms with E-state index in [4.69, 9.17) is 11.6 Å². The zero-order valence-corrected chi connectivity index (χ0v) is 13.0. The van der Waals surface area contributed by atoms with Crippen LogP contribution in [0.15, 0.2) is 48.5 Å². The fourth-order valence-corrected chi connectivity index (χ4v) is 2.14. The summed E-state index contributed by atoms with van der Waals surface area (Å²) in [5.74, 6) is -0.742. The van der Waals surface area contributed by atoms with E-state index in [2.05, 4.69) is 17.6 Å². The molecule has 0 aliphatic rings. The van der Waals surface area contributed by atoms with E-state index in [1.165, 1.54) is 5.56 Å². The van der Waals surface area contributed by atoms with Gasteiger partial charge in [-0.3, -0.25) is 9.59 Å². The predicted octanol–water partition coefficient (Wildman–Crippen LogP) is 3.87. The summed E-state index contributed by atoms with van der Waals surface area (Å²) in [7, 11) is 0. The molecule has 0 fully saturated rings. The Morgan fingerprint density at radius 2 is 1.59 bits per heavy atom. The molecule has 0 aliphatic heterocycles. The van der Waals surface area contributed by atoms with Gasteiger partial charge in [0.15, 0.2) is 0 Å². The standard InChI is InChI=1S/C17H17ClN2O2/c1-2-12-6-8-14(9-7-12)19-16(21)11-17(22)20-15-5-3-4-13(18)10-15/h3-10H,2,11H2,1H3,(H,19,21)(H,20,22). The lowest BCUT2D eigenvalue weighted by Crippen LogP contribution is -2.21. The van der Waals surface area contributed by atoms with Gasteiger partial charge in [0, 0.05) is 16.4 Å². The van der Waals surface area contributed by atoms with E-state index in [0.717, 1.165) is 6.42 Å². The van der Waals surface area contributed by atoms with E-state index in [0.29, 0.717) is 16.4 Å². The normalized spacial score (nSPS) is 10.1. The Kier molecular flexibility index (Phi) is 5.55. The third kappa shape index (κ3) is 4.90. The fourth-order valence-electron chi connectivity index (χ4n) is 1.95. The molecule has 2 N–H and O–H groups in total. The van der Waals surface area contributed by atoms with Crippen LogP contribution in [0.4, 0.5) is 11.4 Å². The molecule has 0 saturated heterocycles. The molecule has 2 amide bonds. The van der Waals surface area contributed by atoms with Gasteiger partial charge in [-0.2, -0.15) is 0 Å². The Hall–Kier alpha value is -2.33. The number of aryl methyl sites for hydroxylation is 1. The fraction of sp³-hybridized carbons (Fsp3) is 0.176. The first-order valence-corrected chi connectivity index (χ1v) is 7.39. The van der Waals surface area contributed by atoms with Crippen molar-refractivity contribution in [2.24, 2.45) is 0 Å². The maximum atomic E-state index is 11.8. The first kappa shape index (κ1) is 16.0. The minimum absolute atomic E-state index is 0.248. The number of anilines is 2. The first-order valence-electron chi connectivity index (χ1n) is 7.01. The van der Waals surface area contributed by atoms with Crippen molar-refractivity contribution in [3.8, 4) is 0 Å². The van der Waals surface area contributed by atoms with Gasteiger partial charge in [0.1, 0.15) is 6.42 Å². The Labute approximate surface area is 134 Å². The van der Waals surface area contributed by atoms with Crippen LogP contribution in [0.1, 0.15) is 18.9 Å². The molecular formula is C17H17ClN2O2. The van der Waals surface area contributed by atoms with Crippen molar-refractivity contribution in [1.29, 1.82) is 0 Å². The second-order valence-electron chi connectivity index (χ2n) is 4.83. The Balaban J connectivity index is 1.86. The number of amides is 2. The van der Waals surface area contributed by atoms with Crippen LogP contribution in [0.3, 0.4) is 0 Å². The summed E-state index contributed by atoms with van der Waals surface area (Å²) in [5.41, 5.74) is 2.44. The number of carbonyl (C=O) groups is 2. The van der Waals surface area contributed by atoms with Crippen LogP contribution in [0.25, 0.3) is 0 Å². The number of carbonyl (C=O) groups excluding carboxylic acids is 2. The Morgan fingerprint density at radius 3 is 2.18 bits per heavy atom. The maximum Gasteiger partial charge on any atom is 0.233 e.